The molecule has 0 radical (unpaired) electrons. The lowest BCUT2D eigenvalue weighted by Gasteiger charge is -2.13. The number of hydrogen-bond acceptors (Lipinski definition) is 4. The Bertz CT molecular complexity index is 555. The molecule has 7 heteroatoms. The third-order valence-electron chi connectivity index (χ3n) is 2.32. The molecule has 0 aliphatic rings. The minimum Gasteiger partial charge on any atom is -0.439 e. The van der Waals surface area contributed by atoms with Crippen molar-refractivity contribution < 1.29 is 9.00 Å². The standard InChI is InChI=1S/C12H15Cl2N2O2S/c1-7(2)6-9(15)12(17)16-19(18)10-5-3-4-8(13)11(10)14/h3-5,7,9H,6,15H2,1-2H3/q-1/t9-/m0/s1. The number of hydrogen-bond donors (Lipinski definition) is 1. The third-order valence-corrected chi connectivity index (χ3v) is 4.31. The summed E-state index contributed by atoms with van der Waals surface area (Å²) in [5, 5.41) is 0.401. The number of carbonyl (C=O) groups excluding carboxylic acids is 1. The first-order chi connectivity index (χ1) is 8.82. The SMILES string of the molecule is CC(C)C[C@H](N)C(=O)N=[S-](=O)c1cccc(Cl)c1Cl. The van der Waals surface area contributed by atoms with Gasteiger partial charge in [-0.05, 0) is 18.4 Å². The monoisotopic (exact) mass is 321 g/mol. The topological polar surface area (TPSA) is 72.5 Å². The Kier molecular flexibility index (Phi) is 6.26. The fourth-order valence-electron chi connectivity index (χ4n) is 1.43. The van der Waals surface area contributed by atoms with E-state index >= 15 is 0 Å². The predicted octanol–water partition coefficient (Wildman–Crippen LogP) is 3.40. The molecule has 0 aliphatic heterocycles. The average molecular weight is 322 g/mol. The van der Waals surface area contributed by atoms with Crippen molar-refractivity contribution in [3.8, 4) is 0 Å². The van der Waals surface area contributed by atoms with E-state index in [-0.39, 0.29) is 20.9 Å². The number of halogens is 2. The van der Waals surface area contributed by atoms with Crippen molar-refractivity contribution in [1.29, 1.82) is 0 Å². The zero-order valence-corrected chi connectivity index (χ0v) is 12.9. The largest absolute Gasteiger partial charge is 0.439 e. The van der Waals surface area contributed by atoms with Crippen LogP contribution in [-0.2, 0) is 19.6 Å². The number of nitrogens with two attached hydrogens (primary N) is 1. The second-order valence-corrected chi connectivity index (χ2v) is 6.37. The van der Waals surface area contributed by atoms with Gasteiger partial charge in [0, 0.05) is 5.02 Å². The summed E-state index contributed by atoms with van der Waals surface area (Å²) in [7, 11) is -1.89. The number of nitrogens with zero attached hydrogens (tertiary/aromatic N) is 1. The van der Waals surface area contributed by atoms with E-state index in [4.69, 9.17) is 28.9 Å². The van der Waals surface area contributed by atoms with Gasteiger partial charge in [-0.1, -0.05) is 54.1 Å². The van der Waals surface area contributed by atoms with Gasteiger partial charge < -0.3 is 14.3 Å². The van der Waals surface area contributed by atoms with E-state index in [0.717, 1.165) is 0 Å². The summed E-state index contributed by atoms with van der Waals surface area (Å²) in [4.78, 5) is 11.9. The molecule has 106 valence electrons. The number of amides is 1. The molecular formula is C12H15Cl2N2O2S-. The Morgan fingerprint density at radius 1 is 1.42 bits per heavy atom. The Balaban J connectivity index is 2.97. The fraction of sp³-hybridized carbons (Fsp3) is 0.417. The predicted molar refractivity (Wildman–Crippen MR) is 77.6 cm³/mol. The molecule has 4 nitrogen and oxygen atoms in total. The smallest absolute Gasteiger partial charge is 0.239 e. The van der Waals surface area contributed by atoms with Crippen LogP contribution in [0.5, 0.6) is 0 Å². The van der Waals surface area contributed by atoms with Gasteiger partial charge in [-0.15, -0.1) is 0 Å². The Hall–Kier alpha value is -0.620. The first-order valence-corrected chi connectivity index (χ1v) is 7.56. The van der Waals surface area contributed by atoms with Crippen molar-refractivity contribution in [2.75, 3.05) is 0 Å². The summed E-state index contributed by atoms with van der Waals surface area (Å²) in [5.41, 5.74) is 5.68. The maximum absolute atomic E-state index is 11.9. The molecule has 2 N–H and O–H groups in total. The molecule has 0 unspecified atom stereocenters. The molecule has 0 saturated heterocycles. The van der Waals surface area contributed by atoms with Gasteiger partial charge in [-0.3, -0.25) is 4.79 Å². The van der Waals surface area contributed by atoms with Gasteiger partial charge in [-0.2, -0.15) is 10.6 Å². The molecule has 1 amide bonds. The highest BCUT2D eigenvalue weighted by atomic mass is 35.5. The van der Waals surface area contributed by atoms with Crippen LogP contribution in [0, 0.1) is 5.92 Å². The lowest BCUT2D eigenvalue weighted by atomic mass is 10.0. The van der Waals surface area contributed by atoms with E-state index in [9.17, 15) is 9.00 Å². The van der Waals surface area contributed by atoms with E-state index in [0.29, 0.717) is 6.42 Å². The molecule has 0 aromatic heterocycles. The summed E-state index contributed by atoms with van der Waals surface area (Å²) in [6, 6.07) is 3.92. The minimum atomic E-state index is -1.89. The van der Waals surface area contributed by atoms with Crippen LogP contribution in [0.4, 0.5) is 0 Å². The fourth-order valence-corrected chi connectivity index (χ4v) is 2.84. The van der Waals surface area contributed by atoms with Crippen molar-refractivity contribution >= 4 is 39.7 Å². The number of carbonyl (C=O) groups is 1. The molecule has 0 fully saturated rings. The molecule has 1 aromatic rings. The molecular weight excluding hydrogens is 307 g/mol. The summed E-state index contributed by atoms with van der Waals surface area (Å²) in [6.07, 6.45) is 0.489. The minimum absolute atomic E-state index is 0.136. The molecule has 0 saturated carbocycles. The van der Waals surface area contributed by atoms with E-state index in [1.54, 1.807) is 12.1 Å². The first kappa shape index (κ1) is 16.4. The van der Waals surface area contributed by atoms with Crippen LogP contribution in [0.2, 0.25) is 10.0 Å². The number of benzene rings is 1. The molecule has 0 spiro atoms. The average Bonchev–Trinajstić information content (AvgIpc) is 2.31. The van der Waals surface area contributed by atoms with Crippen LogP contribution < -0.4 is 5.73 Å². The van der Waals surface area contributed by atoms with Gasteiger partial charge in [0.1, 0.15) is 0 Å². The van der Waals surface area contributed by atoms with Gasteiger partial charge >= 0.3 is 0 Å². The number of rotatable bonds is 4. The third kappa shape index (κ3) is 4.76. The van der Waals surface area contributed by atoms with Crippen molar-refractivity contribution in [3.05, 3.63) is 28.2 Å². The Morgan fingerprint density at radius 3 is 2.63 bits per heavy atom. The van der Waals surface area contributed by atoms with Gasteiger partial charge in [0.15, 0.2) is 0 Å². The summed E-state index contributed by atoms with van der Waals surface area (Å²) in [5.74, 6) is -0.333. The molecule has 0 heterocycles. The summed E-state index contributed by atoms with van der Waals surface area (Å²) in [6.45, 7) is 3.88. The van der Waals surface area contributed by atoms with Crippen LogP contribution >= 0.6 is 23.2 Å². The van der Waals surface area contributed by atoms with Crippen molar-refractivity contribution in [3.63, 3.8) is 0 Å². The van der Waals surface area contributed by atoms with E-state index < -0.39 is 22.5 Å². The molecule has 0 bridgehead atoms. The first-order valence-electron chi connectivity index (χ1n) is 5.70. The molecule has 0 aliphatic carbocycles. The lowest BCUT2D eigenvalue weighted by Crippen LogP contribution is -2.30. The maximum atomic E-state index is 11.9. The van der Waals surface area contributed by atoms with E-state index in [2.05, 4.69) is 4.36 Å². The maximum Gasteiger partial charge on any atom is 0.239 e. The van der Waals surface area contributed by atoms with Gasteiger partial charge in [0.25, 0.3) is 0 Å². The lowest BCUT2D eigenvalue weighted by molar-refractivity contribution is -0.119. The summed E-state index contributed by atoms with van der Waals surface area (Å²) >= 11 is 11.7. The van der Waals surface area contributed by atoms with Gasteiger partial charge in [-0.25, -0.2) is 0 Å². The normalized spacial score (nSPS) is 14.6. The highest BCUT2D eigenvalue weighted by Gasteiger charge is 2.12. The second-order valence-electron chi connectivity index (χ2n) is 4.47. The van der Waals surface area contributed by atoms with Crippen LogP contribution in [0.25, 0.3) is 0 Å². The molecule has 1 aromatic carbocycles. The summed E-state index contributed by atoms with van der Waals surface area (Å²) < 4.78 is 15.5. The van der Waals surface area contributed by atoms with E-state index in [1.807, 2.05) is 13.8 Å². The van der Waals surface area contributed by atoms with Crippen LogP contribution in [0.3, 0.4) is 0 Å². The zero-order valence-electron chi connectivity index (χ0n) is 10.6. The highest BCUT2D eigenvalue weighted by molar-refractivity contribution is 7.75. The van der Waals surface area contributed by atoms with E-state index in [1.165, 1.54) is 6.07 Å². The van der Waals surface area contributed by atoms with Gasteiger partial charge in [0.05, 0.1) is 11.1 Å². The second kappa shape index (κ2) is 7.24. The van der Waals surface area contributed by atoms with Crippen molar-refractivity contribution in [1.82, 2.24) is 0 Å². The molecule has 1 rings (SSSR count). The molecule has 1 atom stereocenters. The quantitative estimate of drug-likeness (QED) is 0.864. The Labute approximate surface area is 124 Å². The van der Waals surface area contributed by atoms with Crippen molar-refractivity contribution in [2.45, 2.75) is 31.2 Å². The Morgan fingerprint density at radius 2 is 2.05 bits per heavy atom. The van der Waals surface area contributed by atoms with Crippen LogP contribution in [0.1, 0.15) is 20.3 Å². The van der Waals surface area contributed by atoms with Crippen LogP contribution in [0.15, 0.2) is 27.5 Å². The zero-order chi connectivity index (χ0) is 14.6. The molecule has 19 heavy (non-hydrogen) atoms. The highest BCUT2D eigenvalue weighted by Crippen LogP contribution is 2.26. The van der Waals surface area contributed by atoms with Crippen LogP contribution in [-0.4, -0.2) is 11.9 Å². The van der Waals surface area contributed by atoms with Crippen molar-refractivity contribution in [2.24, 2.45) is 16.0 Å². The van der Waals surface area contributed by atoms with Gasteiger partial charge in [0.2, 0.25) is 5.91 Å².